The number of benzene rings is 2. The molecule has 0 aliphatic carbocycles. The molecular formula is C23H27BrN2O4. The van der Waals surface area contributed by atoms with Crippen LogP contribution in [0.5, 0.6) is 5.75 Å². The minimum atomic E-state index is -0.386. The van der Waals surface area contributed by atoms with E-state index in [4.69, 9.17) is 9.47 Å². The summed E-state index contributed by atoms with van der Waals surface area (Å²) in [6.07, 6.45) is 0.303. The largest absolute Gasteiger partial charge is 0.497 e. The maximum atomic E-state index is 13.6. The third-order valence-corrected chi connectivity index (χ3v) is 6.18. The van der Waals surface area contributed by atoms with Crippen LogP contribution in [0, 0.1) is 13.8 Å². The van der Waals surface area contributed by atoms with Gasteiger partial charge >= 0.3 is 6.09 Å². The molecule has 0 saturated carbocycles. The van der Waals surface area contributed by atoms with E-state index >= 15 is 0 Å². The van der Waals surface area contributed by atoms with Crippen molar-refractivity contribution in [1.29, 1.82) is 0 Å². The van der Waals surface area contributed by atoms with Crippen LogP contribution in [0.2, 0.25) is 0 Å². The molecule has 2 aromatic rings. The number of methoxy groups -OCH3 is 1. The second kappa shape index (κ2) is 9.08. The average molecular weight is 475 g/mol. The van der Waals surface area contributed by atoms with E-state index in [-0.39, 0.29) is 18.0 Å². The summed E-state index contributed by atoms with van der Waals surface area (Å²) in [5.41, 5.74) is 4.01. The van der Waals surface area contributed by atoms with Gasteiger partial charge in [-0.2, -0.15) is 0 Å². The van der Waals surface area contributed by atoms with Crippen molar-refractivity contribution in [2.75, 3.05) is 30.1 Å². The molecular weight excluding hydrogens is 448 g/mol. The molecule has 2 aromatic carbocycles. The van der Waals surface area contributed by atoms with E-state index in [2.05, 4.69) is 15.9 Å². The molecule has 2 amide bonds. The molecule has 6 nitrogen and oxygen atoms in total. The Kier molecular flexibility index (Phi) is 6.71. The summed E-state index contributed by atoms with van der Waals surface area (Å²) in [5.74, 6) is 0.464. The highest BCUT2D eigenvalue weighted by Crippen LogP contribution is 2.40. The monoisotopic (exact) mass is 474 g/mol. The molecule has 30 heavy (non-hydrogen) atoms. The number of nitrogens with zero attached hydrogens (tertiary/aromatic N) is 2. The molecule has 7 heteroatoms. The van der Waals surface area contributed by atoms with Gasteiger partial charge in [-0.25, -0.2) is 4.79 Å². The molecule has 0 fully saturated rings. The minimum Gasteiger partial charge on any atom is -0.497 e. The minimum absolute atomic E-state index is 0.146. The summed E-state index contributed by atoms with van der Waals surface area (Å²) < 4.78 is 11.3. The Morgan fingerprint density at radius 1 is 1.10 bits per heavy atom. The molecule has 0 radical (unpaired) electrons. The smallest absolute Gasteiger partial charge is 0.414 e. The van der Waals surface area contributed by atoms with E-state index in [1.165, 1.54) is 0 Å². The highest BCUT2D eigenvalue weighted by atomic mass is 79.9. The van der Waals surface area contributed by atoms with Gasteiger partial charge in [0.2, 0.25) is 0 Å². The van der Waals surface area contributed by atoms with E-state index < -0.39 is 0 Å². The van der Waals surface area contributed by atoms with Gasteiger partial charge in [-0.05, 0) is 84.6 Å². The molecule has 1 aliphatic heterocycles. The highest BCUT2D eigenvalue weighted by Gasteiger charge is 2.38. The highest BCUT2D eigenvalue weighted by molar-refractivity contribution is 9.10. The van der Waals surface area contributed by atoms with Crippen LogP contribution in [-0.2, 0) is 4.74 Å². The Hall–Kier alpha value is -2.54. The van der Waals surface area contributed by atoms with Crippen LogP contribution in [0.15, 0.2) is 34.8 Å². The van der Waals surface area contributed by atoms with Crippen molar-refractivity contribution in [2.45, 2.75) is 40.2 Å². The molecule has 0 bridgehead atoms. The topological polar surface area (TPSA) is 59.1 Å². The van der Waals surface area contributed by atoms with E-state index in [1.54, 1.807) is 42.0 Å². The molecule has 1 atom stereocenters. The molecule has 1 heterocycles. The van der Waals surface area contributed by atoms with Crippen molar-refractivity contribution in [2.24, 2.45) is 0 Å². The number of hydrogen-bond donors (Lipinski definition) is 0. The van der Waals surface area contributed by atoms with Crippen molar-refractivity contribution < 1.29 is 19.1 Å². The van der Waals surface area contributed by atoms with Gasteiger partial charge in [0.05, 0.1) is 36.7 Å². The lowest BCUT2D eigenvalue weighted by atomic mass is 9.99. The average Bonchev–Trinajstić information content (AvgIpc) is 2.73. The van der Waals surface area contributed by atoms with E-state index in [1.807, 2.05) is 32.9 Å². The van der Waals surface area contributed by atoms with Gasteiger partial charge < -0.3 is 14.4 Å². The zero-order valence-corrected chi connectivity index (χ0v) is 19.6. The van der Waals surface area contributed by atoms with Crippen LogP contribution in [0.3, 0.4) is 0 Å². The predicted molar refractivity (Wildman–Crippen MR) is 122 cm³/mol. The van der Waals surface area contributed by atoms with E-state index in [0.717, 1.165) is 11.1 Å². The Labute approximate surface area is 185 Å². The molecule has 1 unspecified atom stereocenters. The normalized spacial score (nSPS) is 15.6. The Morgan fingerprint density at radius 2 is 1.77 bits per heavy atom. The third kappa shape index (κ3) is 4.03. The summed E-state index contributed by atoms with van der Waals surface area (Å²) in [4.78, 5) is 29.8. The summed E-state index contributed by atoms with van der Waals surface area (Å²) in [6, 6.07) is 9.08. The number of carbonyl (C=O) groups is 2. The number of ether oxygens (including phenoxy) is 2. The standard InChI is InChI=1S/C23H27BrN2O4/c1-6-16-13-25(22(27)18-12-17(29-5)8-9-19(18)24)20-10-14(3)15(4)11-21(20)26(16)23(28)30-7-2/h8-12,16H,6-7,13H2,1-5H3. The van der Waals surface area contributed by atoms with Crippen molar-refractivity contribution >= 4 is 39.3 Å². The summed E-state index contributed by atoms with van der Waals surface area (Å²) in [7, 11) is 1.57. The van der Waals surface area contributed by atoms with Crippen molar-refractivity contribution in [1.82, 2.24) is 0 Å². The number of aryl methyl sites for hydroxylation is 2. The Balaban J connectivity index is 2.15. The van der Waals surface area contributed by atoms with Crippen molar-refractivity contribution in [3.8, 4) is 5.75 Å². The lowest BCUT2D eigenvalue weighted by molar-refractivity contribution is 0.0980. The number of anilines is 2. The van der Waals surface area contributed by atoms with Gasteiger partial charge in [0, 0.05) is 11.0 Å². The lowest BCUT2D eigenvalue weighted by Gasteiger charge is -2.42. The number of hydrogen-bond acceptors (Lipinski definition) is 4. The Bertz CT molecular complexity index is 976. The zero-order valence-electron chi connectivity index (χ0n) is 18.0. The third-order valence-electron chi connectivity index (χ3n) is 5.48. The van der Waals surface area contributed by atoms with Crippen LogP contribution in [-0.4, -0.2) is 38.3 Å². The van der Waals surface area contributed by atoms with Crippen molar-refractivity contribution in [3.63, 3.8) is 0 Å². The summed E-state index contributed by atoms with van der Waals surface area (Å²) >= 11 is 3.49. The maximum absolute atomic E-state index is 13.6. The molecule has 0 aromatic heterocycles. The molecule has 3 rings (SSSR count). The maximum Gasteiger partial charge on any atom is 0.414 e. The van der Waals surface area contributed by atoms with Gasteiger partial charge in [-0.3, -0.25) is 9.69 Å². The van der Waals surface area contributed by atoms with E-state index in [9.17, 15) is 9.59 Å². The molecule has 160 valence electrons. The number of fused-ring (bicyclic) bond motifs is 1. The molecule has 0 N–H and O–H groups in total. The first-order chi connectivity index (χ1) is 14.3. The van der Waals surface area contributed by atoms with Gasteiger partial charge in [-0.1, -0.05) is 6.92 Å². The number of rotatable bonds is 4. The summed E-state index contributed by atoms with van der Waals surface area (Å²) in [5, 5.41) is 0. The first kappa shape index (κ1) is 22.2. The van der Waals surface area contributed by atoms with Crippen LogP contribution >= 0.6 is 15.9 Å². The molecule has 0 saturated heterocycles. The fourth-order valence-electron chi connectivity index (χ4n) is 3.67. The number of amides is 2. The zero-order chi connectivity index (χ0) is 22.0. The van der Waals surface area contributed by atoms with Gasteiger partial charge in [0.25, 0.3) is 5.91 Å². The lowest BCUT2D eigenvalue weighted by Crippen LogP contribution is -2.53. The first-order valence-electron chi connectivity index (χ1n) is 10.0. The van der Waals surface area contributed by atoms with E-state index in [0.29, 0.717) is 46.7 Å². The molecule has 0 spiro atoms. The van der Waals surface area contributed by atoms with Gasteiger partial charge in [-0.15, -0.1) is 0 Å². The first-order valence-corrected chi connectivity index (χ1v) is 10.8. The van der Waals surface area contributed by atoms with Gasteiger partial charge in [0.15, 0.2) is 0 Å². The fraction of sp³-hybridized carbons (Fsp3) is 0.391. The van der Waals surface area contributed by atoms with Crippen LogP contribution in [0.4, 0.5) is 16.2 Å². The van der Waals surface area contributed by atoms with Gasteiger partial charge in [0.1, 0.15) is 5.75 Å². The number of carbonyl (C=O) groups excluding carboxylic acids is 2. The molecule has 1 aliphatic rings. The van der Waals surface area contributed by atoms with Crippen molar-refractivity contribution in [3.05, 3.63) is 51.5 Å². The van der Waals surface area contributed by atoms with Crippen LogP contribution in [0.25, 0.3) is 0 Å². The quantitative estimate of drug-likeness (QED) is 0.588. The fourth-order valence-corrected chi connectivity index (χ4v) is 4.08. The number of halogens is 1. The SMILES string of the molecule is CCOC(=O)N1c2cc(C)c(C)cc2N(C(=O)c2cc(OC)ccc2Br)CC1CC. The second-order valence-electron chi connectivity index (χ2n) is 7.32. The predicted octanol–water partition coefficient (Wildman–Crippen LogP) is 5.48. The van der Waals surface area contributed by atoms with Crippen LogP contribution < -0.4 is 14.5 Å². The van der Waals surface area contributed by atoms with Crippen LogP contribution in [0.1, 0.15) is 41.8 Å². The summed E-state index contributed by atoms with van der Waals surface area (Å²) in [6.45, 7) is 8.48. The Morgan fingerprint density at radius 3 is 2.37 bits per heavy atom. The second-order valence-corrected chi connectivity index (χ2v) is 8.17.